The molecule has 0 fully saturated rings. The second-order valence-corrected chi connectivity index (χ2v) is 4.94. The minimum absolute atomic E-state index is 0.128. The quantitative estimate of drug-likeness (QED) is 0.935. The molecule has 1 aromatic heterocycles. The SMILES string of the molecule is COc1c(C)c(Br)cc(C)c1-c1cc(C(=O)O)no1. The van der Waals surface area contributed by atoms with Gasteiger partial charge in [-0.15, -0.1) is 0 Å². The number of nitrogens with zero attached hydrogens (tertiary/aromatic N) is 1. The van der Waals surface area contributed by atoms with E-state index in [0.29, 0.717) is 17.1 Å². The minimum Gasteiger partial charge on any atom is -0.496 e. The van der Waals surface area contributed by atoms with Crippen molar-refractivity contribution in [1.82, 2.24) is 5.16 Å². The number of carboxylic acids is 1. The predicted octanol–water partition coefficient (Wildman–Crippen LogP) is 3.43. The molecule has 0 spiro atoms. The number of benzene rings is 1. The summed E-state index contributed by atoms with van der Waals surface area (Å²) in [4.78, 5) is 10.8. The Labute approximate surface area is 118 Å². The summed E-state index contributed by atoms with van der Waals surface area (Å²) in [6.07, 6.45) is 0. The number of rotatable bonds is 3. The number of carboxylic acid groups (broad SMARTS) is 1. The second kappa shape index (κ2) is 5.05. The first-order valence-electron chi connectivity index (χ1n) is 5.49. The smallest absolute Gasteiger partial charge is 0.358 e. The average molecular weight is 326 g/mol. The molecule has 2 rings (SSSR count). The van der Waals surface area contributed by atoms with E-state index < -0.39 is 5.97 Å². The lowest BCUT2D eigenvalue weighted by Crippen LogP contribution is -1.96. The van der Waals surface area contributed by atoms with Crippen LogP contribution in [-0.4, -0.2) is 23.3 Å². The molecule has 0 unspecified atom stereocenters. The number of hydrogen-bond donors (Lipinski definition) is 1. The third-order valence-electron chi connectivity index (χ3n) is 2.84. The first kappa shape index (κ1) is 13.6. The number of hydrogen-bond acceptors (Lipinski definition) is 4. The fourth-order valence-electron chi connectivity index (χ4n) is 1.90. The summed E-state index contributed by atoms with van der Waals surface area (Å²) in [6, 6.07) is 3.32. The Kier molecular flexibility index (Phi) is 3.61. The summed E-state index contributed by atoms with van der Waals surface area (Å²) >= 11 is 3.45. The third kappa shape index (κ3) is 2.35. The first-order chi connectivity index (χ1) is 8.95. The lowest BCUT2D eigenvalue weighted by Gasteiger charge is -2.13. The number of ether oxygens (including phenoxy) is 1. The van der Waals surface area contributed by atoms with E-state index in [-0.39, 0.29) is 5.69 Å². The van der Waals surface area contributed by atoms with Gasteiger partial charge >= 0.3 is 5.97 Å². The van der Waals surface area contributed by atoms with E-state index >= 15 is 0 Å². The van der Waals surface area contributed by atoms with E-state index in [9.17, 15) is 4.79 Å². The van der Waals surface area contributed by atoms with Gasteiger partial charge in [-0.05, 0) is 25.5 Å². The number of aryl methyl sites for hydroxylation is 1. The van der Waals surface area contributed by atoms with E-state index in [2.05, 4.69) is 21.1 Å². The van der Waals surface area contributed by atoms with Gasteiger partial charge in [-0.3, -0.25) is 0 Å². The summed E-state index contributed by atoms with van der Waals surface area (Å²) < 4.78 is 11.4. The summed E-state index contributed by atoms with van der Waals surface area (Å²) in [5.41, 5.74) is 2.40. The Balaban J connectivity index is 2.66. The Morgan fingerprint density at radius 2 is 2.11 bits per heavy atom. The highest BCUT2D eigenvalue weighted by Crippen LogP contribution is 2.39. The molecular formula is C13H12BrNO4. The van der Waals surface area contributed by atoms with E-state index in [4.69, 9.17) is 14.4 Å². The molecule has 1 heterocycles. The van der Waals surface area contributed by atoms with Crippen LogP contribution in [-0.2, 0) is 0 Å². The summed E-state index contributed by atoms with van der Waals surface area (Å²) in [5, 5.41) is 12.4. The van der Waals surface area contributed by atoms with Crippen LogP contribution in [0.3, 0.4) is 0 Å². The van der Waals surface area contributed by atoms with Crippen molar-refractivity contribution >= 4 is 21.9 Å². The molecule has 0 saturated carbocycles. The zero-order chi connectivity index (χ0) is 14.2. The molecular weight excluding hydrogens is 314 g/mol. The van der Waals surface area contributed by atoms with Crippen LogP contribution < -0.4 is 4.74 Å². The molecule has 0 aliphatic rings. The number of methoxy groups -OCH3 is 1. The maximum absolute atomic E-state index is 10.8. The molecule has 0 atom stereocenters. The predicted molar refractivity (Wildman–Crippen MR) is 72.6 cm³/mol. The summed E-state index contributed by atoms with van der Waals surface area (Å²) in [7, 11) is 1.56. The highest BCUT2D eigenvalue weighted by atomic mass is 79.9. The van der Waals surface area contributed by atoms with Gasteiger partial charge in [0.05, 0.1) is 12.7 Å². The van der Waals surface area contributed by atoms with Crippen molar-refractivity contribution in [2.75, 3.05) is 7.11 Å². The van der Waals surface area contributed by atoms with Gasteiger partial charge < -0.3 is 14.4 Å². The van der Waals surface area contributed by atoms with Gasteiger partial charge in [-0.1, -0.05) is 21.1 Å². The van der Waals surface area contributed by atoms with E-state index in [1.165, 1.54) is 6.07 Å². The van der Waals surface area contributed by atoms with Crippen molar-refractivity contribution in [1.29, 1.82) is 0 Å². The number of halogens is 1. The van der Waals surface area contributed by atoms with Crippen LogP contribution in [0.15, 0.2) is 21.1 Å². The van der Waals surface area contributed by atoms with Crippen molar-refractivity contribution in [3.05, 3.63) is 33.4 Å². The molecule has 5 nitrogen and oxygen atoms in total. The molecule has 100 valence electrons. The van der Waals surface area contributed by atoms with Crippen molar-refractivity contribution < 1.29 is 19.2 Å². The molecule has 0 bridgehead atoms. The van der Waals surface area contributed by atoms with Gasteiger partial charge in [0.15, 0.2) is 11.5 Å². The van der Waals surface area contributed by atoms with Gasteiger partial charge in [0.1, 0.15) is 5.75 Å². The molecule has 0 radical (unpaired) electrons. The van der Waals surface area contributed by atoms with Gasteiger partial charge in [0, 0.05) is 16.1 Å². The van der Waals surface area contributed by atoms with Crippen molar-refractivity contribution in [3.8, 4) is 17.1 Å². The Morgan fingerprint density at radius 1 is 1.42 bits per heavy atom. The van der Waals surface area contributed by atoms with Gasteiger partial charge in [-0.25, -0.2) is 4.79 Å². The second-order valence-electron chi connectivity index (χ2n) is 4.09. The normalized spacial score (nSPS) is 10.5. The Morgan fingerprint density at radius 3 is 2.63 bits per heavy atom. The molecule has 2 aromatic rings. The monoisotopic (exact) mass is 325 g/mol. The maximum atomic E-state index is 10.8. The van der Waals surface area contributed by atoms with Gasteiger partial charge in [0.2, 0.25) is 0 Å². The highest BCUT2D eigenvalue weighted by molar-refractivity contribution is 9.10. The molecule has 1 N–H and O–H groups in total. The summed E-state index contributed by atoms with van der Waals surface area (Å²) in [6.45, 7) is 3.80. The average Bonchev–Trinajstić information content (AvgIpc) is 2.82. The highest BCUT2D eigenvalue weighted by Gasteiger charge is 2.20. The van der Waals surface area contributed by atoms with Crippen LogP contribution in [0.2, 0.25) is 0 Å². The molecule has 0 saturated heterocycles. The first-order valence-corrected chi connectivity index (χ1v) is 6.29. The van der Waals surface area contributed by atoms with Gasteiger partial charge in [-0.2, -0.15) is 0 Å². The minimum atomic E-state index is -1.12. The lowest BCUT2D eigenvalue weighted by atomic mass is 10.0. The largest absolute Gasteiger partial charge is 0.496 e. The summed E-state index contributed by atoms with van der Waals surface area (Å²) in [5.74, 6) is -0.109. The zero-order valence-electron chi connectivity index (χ0n) is 10.7. The zero-order valence-corrected chi connectivity index (χ0v) is 12.2. The topological polar surface area (TPSA) is 72.6 Å². The van der Waals surface area contributed by atoms with Crippen LogP contribution >= 0.6 is 15.9 Å². The maximum Gasteiger partial charge on any atom is 0.358 e. The van der Waals surface area contributed by atoms with Crippen LogP contribution in [0.1, 0.15) is 21.6 Å². The Hall–Kier alpha value is -1.82. The van der Waals surface area contributed by atoms with Crippen LogP contribution in [0.5, 0.6) is 5.75 Å². The lowest BCUT2D eigenvalue weighted by molar-refractivity contribution is 0.0686. The van der Waals surface area contributed by atoms with E-state index in [0.717, 1.165) is 15.6 Å². The molecule has 0 aliphatic heterocycles. The fourth-order valence-corrected chi connectivity index (χ4v) is 2.42. The third-order valence-corrected chi connectivity index (χ3v) is 3.67. The van der Waals surface area contributed by atoms with Crippen molar-refractivity contribution in [2.45, 2.75) is 13.8 Å². The molecule has 19 heavy (non-hydrogen) atoms. The fraction of sp³-hybridized carbons (Fsp3) is 0.231. The van der Waals surface area contributed by atoms with E-state index in [1.807, 2.05) is 19.9 Å². The molecule has 0 amide bonds. The van der Waals surface area contributed by atoms with Crippen LogP contribution in [0.25, 0.3) is 11.3 Å². The molecule has 0 aliphatic carbocycles. The Bertz CT molecular complexity index is 648. The van der Waals surface area contributed by atoms with Crippen molar-refractivity contribution in [3.63, 3.8) is 0 Å². The number of carbonyl (C=O) groups is 1. The van der Waals surface area contributed by atoms with Crippen molar-refractivity contribution in [2.24, 2.45) is 0 Å². The standard InChI is InChI=1S/C13H12BrNO4/c1-6-4-8(14)7(2)12(18-3)11(6)10-5-9(13(16)17)15-19-10/h4-5H,1-3H3,(H,16,17). The van der Waals surface area contributed by atoms with Crippen LogP contribution in [0, 0.1) is 13.8 Å². The van der Waals surface area contributed by atoms with Gasteiger partial charge in [0.25, 0.3) is 0 Å². The van der Waals surface area contributed by atoms with E-state index in [1.54, 1.807) is 7.11 Å². The van der Waals surface area contributed by atoms with Crippen LogP contribution in [0.4, 0.5) is 0 Å². The molecule has 6 heteroatoms. The number of aromatic nitrogens is 1. The molecule has 1 aromatic carbocycles. The number of aromatic carboxylic acids is 1.